The smallest absolute Gasteiger partial charge is 0.251 e. The lowest BCUT2D eigenvalue weighted by atomic mass is 10.1. The Kier molecular flexibility index (Phi) is 4.48. The molecule has 0 aliphatic heterocycles. The Morgan fingerprint density at radius 2 is 1.69 bits per heavy atom. The van der Waals surface area contributed by atoms with Crippen LogP contribution >= 0.6 is 0 Å². The van der Waals surface area contributed by atoms with Crippen LogP contribution in [0.25, 0.3) is 10.8 Å². The molecular formula is C22H19N3O. The molecule has 0 radical (unpaired) electrons. The second kappa shape index (κ2) is 7.23. The van der Waals surface area contributed by atoms with Crippen molar-refractivity contribution in [1.82, 2.24) is 14.9 Å². The lowest BCUT2D eigenvalue weighted by Gasteiger charge is -2.08. The summed E-state index contributed by atoms with van der Waals surface area (Å²) in [4.78, 5) is 16.4. The molecule has 4 nitrogen and oxygen atoms in total. The van der Waals surface area contributed by atoms with Gasteiger partial charge in [0.1, 0.15) is 0 Å². The van der Waals surface area contributed by atoms with E-state index >= 15 is 0 Å². The van der Waals surface area contributed by atoms with Crippen molar-refractivity contribution in [2.24, 2.45) is 0 Å². The van der Waals surface area contributed by atoms with Crippen LogP contribution < -0.4 is 5.32 Å². The molecule has 1 aromatic heterocycles. The second-order valence-electron chi connectivity index (χ2n) is 6.30. The van der Waals surface area contributed by atoms with Gasteiger partial charge in [0.2, 0.25) is 0 Å². The molecule has 0 saturated heterocycles. The van der Waals surface area contributed by atoms with E-state index in [4.69, 9.17) is 0 Å². The van der Waals surface area contributed by atoms with Crippen LogP contribution in [-0.4, -0.2) is 15.5 Å². The third kappa shape index (κ3) is 3.64. The number of carbonyl (C=O) groups excluding carboxylic acids is 1. The largest absolute Gasteiger partial charge is 0.348 e. The van der Waals surface area contributed by atoms with Crippen molar-refractivity contribution in [2.45, 2.75) is 13.1 Å². The maximum Gasteiger partial charge on any atom is 0.251 e. The quantitative estimate of drug-likeness (QED) is 0.596. The molecule has 4 rings (SSSR count). The minimum Gasteiger partial charge on any atom is -0.348 e. The molecule has 4 aromatic rings. The van der Waals surface area contributed by atoms with E-state index < -0.39 is 0 Å². The number of rotatable bonds is 5. The van der Waals surface area contributed by atoms with Crippen LogP contribution in [0.15, 0.2) is 85.5 Å². The summed E-state index contributed by atoms with van der Waals surface area (Å²) in [6, 6.07) is 22.2. The van der Waals surface area contributed by atoms with Crippen molar-refractivity contribution in [3.8, 4) is 0 Å². The standard InChI is InChI=1S/C22H19N3O/c26-22(20-9-5-17(6-10-20)15-25-12-11-23-16-25)24-14-18-7-8-19-3-1-2-4-21(19)13-18/h1-13,16H,14-15H2,(H,24,26). The fraction of sp³-hybridized carbons (Fsp3) is 0.0909. The first-order chi connectivity index (χ1) is 12.8. The van der Waals surface area contributed by atoms with Gasteiger partial charge in [0, 0.05) is 31.0 Å². The summed E-state index contributed by atoms with van der Waals surface area (Å²) in [5.74, 6) is -0.0626. The van der Waals surface area contributed by atoms with Crippen molar-refractivity contribution in [1.29, 1.82) is 0 Å². The zero-order valence-corrected chi connectivity index (χ0v) is 14.3. The maximum absolute atomic E-state index is 12.4. The molecule has 0 spiro atoms. The first kappa shape index (κ1) is 16.1. The third-order valence-electron chi connectivity index (χ3n) is 4.41. The Morgan fingerprint density at radius 1 is 0.923 bits per heavy atom. The zero-order valence-electron chi connectivity index (χ0n) is 14.3. The van der Waals surface area contributed by atoms with E-state index in [0.717, 1.165) is 17.7 Å². The van der Waals surface area contributed by atoms with Gasteiger partial charge in [0.15, 0.2) is 0 Å². The number of imidazole rings is 1. The van der Waals surface area contributed by atoms with Gasteiger partial charge in [-0.3, -0.25) is 4.79 Å². The molecule has 0 atom stereocenters. The number of benzene rings is 3. The summed E-state index contributed by atoms with van der Waals surface area (Å²) >= 11 is 0. The number of fused-ring (bicyclic) bond motifs is 1. The van der Waals surface area contributed by atoms with Gasteiger partial charge < -0.3 is 9.88 Å². The van der Waals surface area contributed by atoms with Crippen molar-refractivity contribution in [3.05, 3.63) is 102 Å². The second-order valence-corrected chi connectivity index (χ2v) is 6.30. The average Bonchev–Trinajstić information content (AvgIpc) is 3.19. The normalized spacial score (nSPS) is 10.8. The van der Waals surface area contributed by atoms with Gasteiger partial charge in [-0.15, -0.1) is 0 Å². The molecule has 3 aromatic carbocycles. The predicted molar refractivity (Wildman–Crippen MR) is 103 cm³/mol. The van der Waals surface area contributed by atoms with Gasteiger partial charge in [0.05, 0.1) is 6.33 Å². The molecule has 1 heterocycles. The lowest BCUT2D eigenvalue weighted by molar-refractivity contribution is 0.0951. The first-order valence-corrected chi connectivity index (χ1v) is 8.58. The fourth-order valence-corrected chi connectivity index (χ4v) is 2.99. The topological polar surface area (TPSA) is 46.9 Å². The number of nitrogens with one attached hydrogen (secondary N) is 1. The van der Waals surface area contributed by atoms with E-state index in [1.165, 1.54) is 10.8 Å². The van der Waals surface area contributed by atoms with Crippen molar-refractivity contribution in [3.63, 3.8) is 0 Å². The molecule has 0 fully saturated rings. The number of hydrogen-bond acceptors (Lipinski definition) is 2. The van der Waals surface area contributed by atoms with Crippen molar-refractivity contribution < 1.29 is 4.79 Å². The molecule has 0 aliphatic carbocycles. The lowest BCUT2D eigenvalue weighted by Crippen LogP contribution is -2.22. The molecule has 1 N–H and O–H groups in total. The Bertz CT molecular complexity index is 1020. The van der Waals surface area contributed by atoms with E-state index in [1.54, 1.807) is 12.5 Å². The third-order valence-corrected chi connectivity index (χ3v) is 4.41. The summed E-state index contributed by atoms with van der Waals surface area (Å²) in [5.41, 5.74) is 2.89. The summed E-state index contributed by atoms with van der Waals surface area (Å²) in [5, 5.41) is 5.38. The van der Waals surface area contributed by atoms with Crippen LogP contribution in [-0.2, 0) is 13.1 Å². The van der Waals surface area contributed by atoms with Crippen LogP contribution in [0.4, 0.5) is 0 Å². The van der Waals surface area contributed by atoms with Crippen LogP contribution in [0.2, 0.25) is 0 Å². The Labute approximate surface area is 152 Å². The Balaban J connectivity index is 1.39. The summed E-state index contributed by atoms with van der Waals surface area (Å²) in [6.07, 6.45) is 5.46. The van der Waals surface area contributed by atoms with E-state index in [2.05, 4.69) is 40.6 Å². The summed E-state index contributed by atoms with van der Waals surface area (Å²) in [6.45, 7) is 1.26. The van der Waals surface area contributed by atoms with Gasteiger partial charge in [0.25, 0.3) is 5.91 Å². The van der Waals surface area contributed by atoms with Crippen LogP contribution in [0.1, 0.15) is 21.5 Å². The molecule has 0 bridgehead atoms. The highest BCUT2D eigenvalue weighted by Crippen LogP contribution is 2.15. The van der Waals surface area contributed by atoms with Gasteiger partial charge in [-0.1, -0.05) is 48.5 Å². The minimum absolute atomic E-state index is 0.0626. The molecule has 4 heteroatoms. The highest BCUT2D eigenvalue weighted by molar-refractivity contribution is 5.94. The van der Waals surface area contributed by atoms with E-state index in [-0.39, 0.29) is 5.91 Å². The predicted octanol–water partition coefficient (Wildman–Crippen LogP) is 4.01. The van der Waals surface area contributed by atoms with Gasteiger partial charge >= 0.3 is 0 Å². The van der Waals surface area contributed by atoms with Gasteiger partial charge in [-0.25, -0.2) is 4.98 Å². The zero-order chi connectivity index (χ0) is 17.8. The molecule has 128 valence electrons. The number of amides is 1. The van der Waals surface area contributed by atoms with E-state index in [1.807, 2.05) is 47.2 Å². The average molecular weight is 341 g/mol. The highest BCUT2D eigenvalue weighted by Gasteiger charge is 2.06. The fourth-order valence-electron chi connectivity index (χ4n) is 2.99. The summed E-state index contributed by atoms with van der Waals surface area (Å²) in [7, 11) is 0. The van der Waals surface area contributed by atoms with Crippen LogP contribution in [0.3, 0.4) is 0 Å². The Hall–Kier alpha value is -3.40. The SMILES string of the molecule is O=C(NCc1ccc2ccccc2c1)c1ccc(Cn2ccnc2)cc1. The number of hydrogen-bond donors (Lipinski definition) is 1. The van der Waals surface area contributed by atoms with Crippen LogP contribution in [0, 0.1) is 0 Å². The van der Waals surface area contributed by atoms with Crippen molar-refractivity contribution in [2.75, 3.05) is 0 Å². The monoisotopic (exact) mass is 341 g/mol. The minimum atomic E-state index is -0.0626. The molecule has 26 heavy (non-hydrogen) atoms. The highest BCUT2D eigenvalue weighted by atomic mass is 16.1. The maximum atomic E-state index is 12.4. The van der Waals surface area contributed by atoms with E-state index in [0.29, 0.717) is 12.1 Å². The van der Waals surface area contributed by atoms with Crippen LogP contribution in [0.5, 0.6) is 0 Å². The molecule has 0 unspecified atom stereocenters. The summed E-state index contributed by atoms with van der Waals surface area (Å²) < 4.78 is 1.99. The van der Waals surface area contributed by atoms with Crippen molar-refractivity contribution >= 4 is 16.7 Å². The molecular weight excluding hydrogens is 322 g/mol. The Morgan fingerprint density at radius 3 is 2.46 bits per heavy atom. The van der Waals surface area contributed by atoms with Gasteiger partial charge in [-0.2, -0.15) is 0 Å². The van der Waals surface area contributed by atoms with E-state index in [9.17, 15) is 4.79 Å². The molecule has 0 aliphatic rings. The molecule has 0 saturated carbocycles. The number of nitrogens with zero attached hydrogens (tertiary/aromatic N) is 2. The van der Waals surface area contributed by atoms with Gasteiger partial charge in [-0.05, 0) is 40.1 Å². The number of aromatic nitrogens is 2. The number of carbonyl (C=O) groups is 1. The first-order valence-electron chi connectivity index (χ1n) is 8.58. The molecule has 1 amide bonds.